The molecular formula is C21H22Cl2N2O3S. The minimum Gasteiger partial charge on any atom is -0.447 e. The van der Waals surface area contributed by atoms with Crippen LogP contribution < -0.4 is 5.32 Å². The van der Waals surface area contributed by atoms with Gasteiger partial charge in [0, 0.05) is 5.69 Å². The van der Waals surface area contributed by atoms with Crippen molar-refractivity contribution in [2.45, 2.75) is 31.7 Å². The van der Waals surface area contributed by atoms with Gasteiger partial charge >= 0.3 is 6.09 Å². The molecular weight excluding hydrogens is 431 g/mol. The summed E-state index contributed by atoms with van der Waals surface area (Å²) in [7, 11) is 0. The summed E-state index contributed by atoms with van der Waals surface area (Å²) in [6.07, 6.45) is 0.0716. The number of thioether (sulfide) groups is 1. The van der Waals surface area contributed by atoms with Gasteiger partial charge < -0.3 is 9.64 Å². The summed E-state index contributed by atoms with van der Waals surface area (Å²) in [5, 5.41) is 3.30. The molecule has 29 heavy (non-hydrogen) atoms. The third-order valence-electron chi connectivity index (χ3n) is 4.71. The second-order valence-corrected chi connectivity index (χ2v) is 8.67. The maximum Gasteiger partial charge on any atom is 0.411 e. The lowest BCUT2D eigenvalue weighted by Crippen LogP contribution is -2.41. The van der Waals surface area contributed by atoms with Crippen molar-refractivity contribution in [1.29, 1.82) is 0 Å². The number of ether oxygens (including phenoxy) is 1. The van der Waals surface area contributed by atoms with E-state index in [0.717, 1.165) is 5.56 Å². The minimum atomic E-state index is -0.604. The molecule has 0 aliphatic carbocycles. The number of benzene rings is 2. The predicted molar refractivity (Wildman–Crippen MR) is 119 cm³/mol. The number of anilines is 1. The molecule has 1 N–H and O–H groups in total. The van der Waals surface area contributed by atoms with Crippen LogP contribution >= 0.6 is 35.0 Å². The minimum absolute atomic E-state index is 0.0564. The normalized spacial score (nSPS) is 17.3. The number of aryl methyl sites for hydroxylation is 1. The maximum atomic E-state index is 12.6. The second-order valence-electron chi connectivity index (χ2n) is 6.79. The number of carbonyl (C=O) groups is 2. The van der Waals surface area contributed by atoms with E-state index in [1.807, 2.05) is 43.0 Å². The van der Waals surface area contributed by atoms with Crippen molar-refractivity contribution in [3.63, 3.8) is 0 Å². The van der Waals surface area contributed by atoms with Gasteiger partial charge in [-0.25, -0.2) is 4.79 Å². The van der Waals surface area contributed by atoms with Crippen molar-refractivity contribution in [2.75, 3.05) is 17.7 Å². The number of nitrogens with one attached hydrogen (secondary N) is 1. The Hall–Kier alpha value is -1.89. The highest BCUT2D eigenvalue weighted by Gasteiger charge is 2.37. The Morgan fingerprint density at radius 1 is 1.24 bits per heavy atom. The van der Waals surface area contributed by atoms with Gasteiger partial charge in [-0.15, -0.1) is 11.8 Å². The van der Waals surface area contributed by atoms with Gasteiger partial charge in [0.1, 0.15) is 12.0 Å². The second kappa shape index (κ2) is 9.74. The van der Waals surface area contributed by atoms with E-state index in [2.05, 4.69) is 5.32 Å². The van der Waals surface area contributed by atoms with E-state index in [1.165, 1.54) is 5.56 Å². The van der Waals surface area contributed by atoms with Crippen molar-refractivity contribution in [1.82, 2.24) is 4.90 Å². The first kappa shape index (κ1) is 21.8. The molecule has 0 spiro atoms. The van der Waals surface area contributed by atoms with Gasteiger partial charge in [-0.1, -0.05) is 60.0 Å². The van der Waals surface area contributed by atoms with E-state index in [1.54, 1.807) is 30.0 Å². The van der Waals surface area contributed by atoms with Gasteiger partial charge in [0.2, 0.25) is 5.91 Å². The molecule has 2 aromatic rings. The van der Waals surface area contributed by atoms with Crippen LogP contribution in [0.4, 0.5) is 10.5 Å². The third kappa shape index (κ3) is 5.38. The topological polar surface area (TPSA) is 58.6 Å². The highest BCUT2D eigenvalue weighted by atomic mass is 35.5. The van der Waals surface area contributed by atoms with Crippen molar-refractivity contribution >= 4 is 52.7 Å². The fourth-order valence-corrected chi connectivity index (χ4v) is 4.66. The van der Waals surface area contributed by atoms with Crippen LogP contribution in [-0.4, -0.2) is 35.3 Å². The number of amides is 2. The molecule has 1 heterocycles. The first-order valence-corrected chi connectivity index (χ1v) is 11.1. The summed E-state index contributed by atoms with van der Waals surface area (Å²) in [6.45, 7) is 4.12. The van der Waals surface area contributed by atoms with Crippen molar-refractivity contribution in [3.8, 4) is 0 Å². The van der Waals surface area contributed by atoms with E-state index in [4.69, 9.17) is 27.9 Å². The molecule has 154 valence electrons. The van der Waals surface area contributed by atoms with Gasteiger partial charge in [0.05, 0.1) is 21.8 Å². The molecule has 2 atom stereocenters. The highest BCUT2D eigenvalue weighted by molar-refractivity contribution is 8.00. The number of nitrogens with zero attached hydrogens (tertiary/aromatic N) is 1. The number of rotatable bonds is 6. The van der Waals surface area contributed by atoms with Crippen molar-refractivity contribution < 1.29 is 14.3 Å². The largest absolute Gasteiger partial charge is 0.447 e. The van der Waals surface area contributed by atoms with E-state index >= 15 is 0 Å². The highest BCUT2D eigenvalue weighted by Crippen LogP contribution is 2.40. The number of carbonyl (C=O) groups excluding carboxylic acids is 2. The Balaban J connectivity index is 1.64. The van der Waals surface area contributed by atoms with E-state index in [0.29, 0.717) is 27.9 Å². The Morgan fingerprint density at radius 3 is 2.62 bits per heavy atom. The zero-order valence-electron chi connectivity index (χ0n) is 16.2. The quantitative estimate of drug-likeness (QED) is 0.592. The number of hydrogen-bond acceptors (Lipinski definition) is 4. The molecule has 2 amide bonds. The Bertz CT molecular complexity index is 892. The van der Waals surface area contributed by atoms with E-state index < -0.39 is 6.09 Å². The number of hydrogen-bond donors (Lipinski definition) is 1. The van der Waals surface area contributed by atoms with Crippen LogP contribution in [0, 0.1) is 6.92 Å². The van der Waals surface area contributed by atoms with Crippen LogP contribution in [-0.2, 0) is 9.53 Å². The fourth-order valence-electron chi connectivity index (χ4n) is 3.11. The summed E-state index contributed by atoms with van der Waals surface area (Å²) in [5.41, 5.74) is 2.73. The van der Waals surface area contributed by atoms with Crippen molar-refractivity contribution in [2.24, 2.45) is 0 Å². The molecule has 0 bridgehead atoms. The lowest BCUT2D eigenvalue weighted by atomic mass is 10.1. The molecule has 0 unspecified atom stereocenters. The standard InChI is InChI=1S/C21H22Cl2N2O3S/c1-3-16(11-28-21(27)24-15-8-9-17(22)18(23)10-15)25-19(26)12-29-20(25)14-6-4-13(2)5-7-14/h4-10,16,20H,3,11-12H2,1-2H3,(H,24,27)/t16-,20-/m1/s1. The zero-order chi connectivity index (χ0) is 21.0. The molecule has 0 saturated carbocycles. The van der Waals surface area contributed by atoms with Crippen LogP contribution in [0.25, 0.3) is 0 Å². The lowest BCUT2D eigenvalue weighted by molar-refractivity contribution is -0.131. The van der Waals surface area contributed by atoms with E-state index in [-0.39, 0.29) is 23.9 Å². The van der Waals surface area contributed by atoms with Crippen molar-refractivity contribution in [3.05, 3.63) is 63.6 Å². The Labute approximate surface area is 184 Å². The summed E-state index contributed by atoms with van der Waals surface area (Å²) < 4.78 is 5.40. The van der Waals surface area contributed by atoms with Crippen LogP contribution in [0.2, 0.25) is 10.0 Å². The predicted octanol–water partition coefficient (Wildman–Crippen LogP) is 5.90. The van der Waals surface area contributed by atoms with Gasteiger partial charge in [-0.2, -0.15) is 0 Å². The molecule has 3 rings (SSSR count). The van der Waals surface area contributed by atoms with Crippen LogP contribution in [0.1, 0.15) is 29.8 Å². The average molecular weight is 453 g/mol. The molecule has 1 aliphatic heterocycles. The number of halogens is 2. The van der Waals surface area contributed by atoms with Gasteiger partial charge in [0.15, 0.2) is 0 Å². The Kier molecular flexibility index (Phi) is 7.33. The SMILES string of the molecule is CC[C@H](COC(=O)Nc1ccc(Cl)c(Cl)c1)N1C(=O)CS[C@@H]1c1ccc(C)cc1. The monoisotopic (exact) mass is 452 g/mol. The molecule has 1 fully saturated rings. The van der Waals surface area contributed by atoms with Crippen LogP contribution in [0.15, 0.2) is 42.5 Å². The van der Waals surface area contributed by atoms with E-state index in [9.17, 15) is 9.59 Å². The summed E-state index contributed by atoms with van der Waals surface area (Å²) in [4.78, 5) is 26.6. The molecule has 1 saturated heterocycles. The first-order chi connectivity index (χ1) is 13.9. The third-order valence-corrected chi connectivity index (χ3v) is 6.67. The maximum absolute atomic E-state index is 12.6. The fraction of sp³-hybridized carbons (Fsp3) is 0.333. The molecule has 1 aliphatic rings. The average Bonchev–Trinajstić information content (AvgIpc) is 3.07. The van der Waals surface area contributed by atoms with Gasteiger partial charge in [-0.05, 0) is 37.1 Å². The molecule has 0 radical (unpaired) electrons. The molecule has 5 nitrogen and oxygen atoms in total. The summed E-state index contributed by atoms with van der Waals surface area (Å²) in [6, 6.07) is 12.8. The summed E-state index contributed by atoms with van der Waals surface area (Å²) in [5.74, 6) is 0.478. The van der Waals surface area contributed by atoms with Gasteiger partial charge in [0.25, 0.3) is 0 Å². The zero-order valence-corrected chi connectivity index (χ0v) is 18.5. The lowest BCUT2D eigenvalue weighted by Gasteiger charge is -2.32. The first-order valence-electron chi connectivity index (χ1n) is 9.27. The van der Waals surface area contributed by atoms with Crippen LogP contribution in [0.3, 0.4) is 0 Å². The Morgan fingerprint density at radius 2 is 1.97 bits per heavy atom. The molecule has 2 aromatic carbocycles. The van der Waals surface area contributed by atoms with Gasteiger partial charge in [-0.3, -0.25) is 10.1 Å². The molecule has 8 heteroatoms. The van der Waals surface area contributed by atoms with Crippen LogP contribution in [0.5, 0.6) is 0 Å². The smallest absolute Gasteiger partial charge is 0.411 e. The molecule has 0 aromatic heterocycles. The summed E-state index contributed by atoms with van der Waals surface area (Å²) >= 11 is 13.4.